The van der Waals surface area contributed by atoms with Crippen molar-refractivity contribution in [2.24, 2.45) is 0 Å². The molecule has 0 fully saturated rings. The van der Waals surface area contributed by atoms with Crippen molar-refractivity contribution in [2.45, 2.75) is 20.4 Å². The Bertz CT molecular complexity index is 1180. The molecule has 6 nitrogen and oxygen atoms in total. The summed E-state index contributed by atoms with van der Waals surface area (Å²) in [6.45, 7) is 3.38. The van der Waals surface area contributed by atoms with Crippen LogP contribution in [0.3, 0.4) is 0 Å². The smallest absolute Gasteiger partial charge is 0.340 e. The first-order chi connectivity index (χ1) is 14.8. The van der Waals surface area contributed by atoms with E-state index in [1.54, 1.807) is 41.8 Å². The molecule has 0 saturated heterocycles. The second-order valence-electron chi connectivity index (χ2n) is 6.86. The number of hydrogen-bond donors (Lipinski definition) is 1. The van der Waals surface area contributed by atoms with Crippen LogP contribution in [0.4, 0.5) is 10.2 Å². The third-order valence-corrected chi connectivity index (χ3v) is 5.21. The zero-order chi connectivity index (χ0) is 22.5. The van der Waals surface area contributed by atoms with Gasteiger partial charge in [-0.3, -0.25) is 4.79 Å². The molecule has 0 spiro atoms. The van der Waals surface area contributed by atoms with Gasteiger partial charge in [-0.1, -0.05) is 35.9 Å². The van der Waals surface area contributed by atoms with Gasteiger partial charge in [0.25, 0.3) is 5.91 Å². The number of carbonyl (C=O) groups excluding carboxylic acids is 2. The molecule has 0 unspecified atom stereocenters. The van der Waals surface area contributed by atoms with Crippen LogP contribution in [0, 0.1) is 31.0 Å². The van der Waals surface area contributed by atoms with Crippen molar-refractivity contribution in [1.29, 1.82) is 5.26 Å². The highest BCUT2D eigenvalue weighted by molar-refractivity contribution is 6.33. The molecule has 0 aliphatic rings. The topological polar surface area (TPSA) is 84.1 Å². The predicted octanol–water partition coefficient (Wildman–Crippen LogP) is 4.61. The Balaban J connectivity index is 1.78. The van der Waals surface area contributed by atoms with Gasteiger partial charge in [-0.05, 0) is 49.2 Å². The molecular weight excluding hydrogens is 421 g/mol. The van der Waals surface area contributed by atoms with Crippen LogP contribution in [0.15, 0.2) is 48.5 Å². The van der Waals surface area contributed by atoms with Crippen LogP contribution in [0.25, 0.3) is 0 Å². The number of esters is 1. The number of aromatic nitrogens is 1. The SMILES string of the molecule is Cc1c(C#N)c(NC(=O)COC(=O)c2ccccc2Cl)n(Cc2ccc(F)cc2)c1C. The standard InChI is InChI=1S/C23H19ClFN3O3/c1-14-15(2)28(12-16-7-9-17(25)10-8-16)22(19(14)11-26)27-21(29)13-31-23(30)18-5-3-4-6-20(18)24/h3-10H,12-13H2,1-2H3,(H,27,29). The summed E-state index contributed by atoms with van der Waals surface area (Å²) in [5.41, 5.74) is 2.76. The van der Waals surface area contributed by atoms with Crippen molar-refractivity contribution in [3.63, 3.8) is 0 Å². The summed E-state index contributed by atoms with van der Waals surface area (Å²) < 4.78 is 20.0. The molecule has 0 radical (unpaired) electrons. The normalized spacial score (nSPS) is 10.4. The number of halogens is 2. The zero-order valence-electron chi connectivity index (χ0n) is 16.9. The number of hydrogen-bond acceptors (Lipinski definition) is 4. The number of amides is 1. The van der Waals surface area contributed by atoms with E-state index in [1.807, 2.05) is 6.92 Å². The van der Waals surface area contributed by atoms with E-state index in [0.29, 0.717) is 23.5 Å². The first-order valence-electron chi connectivity index (χ1n) is 9.37. The number of benzene rings is 2. The molecule has 2 aromatic carbocycles. The third kappa shape index (κ3) is 4.93. The second-order valence-corrected chi connectivity index (χ2v) is 7.27. The molecule has 1 aromatic heterocycles. The minimum absolute atomic E-state index is 0.154. The molecule has 31 heavy (non-hydrogen) atoms. The Morgan fingerprint density at radius 3 is 2.48 bits per heavy atom. The van der Waals surface area contributed by atoms with Crippen molar-refractivity contribution in [3.8, 4) is 6.07 Å². The van der Waals surface area contributed by atoms with E-state index < -0.39 is 18.5 Å². The van der Waals surface area contributed by atoms with Gasteiger partial charge < -0.3 is 14.6 Å². The fraction of sp³-hybridized carbons (Fsp3) is 0.174. The number of nitrogens with zero attached hydrogens (tertiary/aromatic N) is 2. The number of ether oxygens (including phenoxy) is 1. The molecule has 3 aromatic rings. The predicted molar refractivity (Wildman–Crippen MR) is 114 cm³/mol. The average molecular weight is 440 g/mol. The highest BCUT2D eigenvalue weighted by atomic mass is 35.5. The lowest BCUT2D eigenvalue weighted by Crippen LogP contribution is -2.23. The van der Waals surface area contributed by atoms with E-state index in [4.69, 9.17) is 16.3 Å². The molecular formula is C23H19ClFN3O3. The highest BCUT2D eigenvalue weighted by Crippen LogP contribution is 2.27. The summed E-state index contributed by atoms with van der Waals surface area (Å²) in [4.78, 5) is 24.6. The van der Waals surface area contributed by atoms with E-state index in [2.05, 4.69) is 11.4 Å². The van der Waals surface area contributed by atoms with Crippen molar-refractivity contribution >= 4 is 29.3 Å². The third-order valence-electron chi connectivity index (χ3n) is 4.88. The van der Waals surface area contributed by atoms with E-state index in [1.165, 1.54) is 18.2 Å². The molecule has 1 heterocycles. The van der Waals surface area contributed by atoms with Crippen molar-refractivity contribution < 1.29 is 18.7 Å². The van der Waals surface area contributed by atoms with Gasteiger partial charge in [-0.25, -0.2) is 9.18 Å². The fourth-order valence-corrected chi connectivity index (χ4v) is 3.32. The second kappa shape index (κ2) is 9.45. The minimum Gasteiger partial charge on any atom is -0.452 e. The molecule has 0 aliphatic carbocycles. The van der Waals surface area contributed by atoms with Gasteiger partial charge in [-0.2, -0.15) is 5.26 Å². The maximum atomic E-state index is 13.2. The number of nitrogens with one attached hydrogen (secondary N) is 1. The van der Waals surface area contributed by atoms with E-state index in [0.717, 1.165) is 11.3 Å². The molecule has 1 amide bonds. The van der Waals surface area contributed by atoms with Gasteiger partial charge in [0.2, 0.25) is 0 Å². The molecule has 1 N–H and O–H groups in total. The minimum atomic E-state index is -0.727. The van der Waals surface area contributed by atoms with Gasteiger partial charge in [0, 0.05) is 12.2 Å². The largest absolute Gasteiger partial charge is 0.452 e. The van der Waals surface area contributed by atoms with Gasteiger partial charge in [-0.15, -0.1) is 0 Å². The quantitative estimate of drug-likeness (QED) is 0.568. The molecule has 8 heteroatoms. The van der Waals surface area contributed by atoms with Gasteiger partial charge in [0.05, 0.1) is 16.1 Å². The first kappa shape index (κ1) is 22.1. The highest BCUT2D eigenvalue weighted by Gasteiger charge is 2.21. The molecule has 0 bridgehead atoms. The maximum absolute atomic E-state index is 13.2. The Morgan fingerprint density at radius 2 is 1.84 bits per heavy atom. The van der Waals surface area contributed by atoms with Gasteiger partial charge in [0.15, 0.2) is 6.61 Å². The first-order valence-corrected chi connectivity index (χ1v) is 9.75. The number of anilines is 1. The summed E-state index contributed by atoms with van der Waals surface area (Å²) in [5.74, 6) is -1.39. The maximum Gasteiger partial charge on any atom is 0.340 e. The molecule has 3 rings (SSSR count). The monoisotopic (exact) mass is 439 g/mol. The molecule has 0 saturated carbocycles. The van der Waals surface area contributed by atoms with E-state index in [-0.39, 0.29) is 16.4 Å². The summed E-state index contributed by atoms with van der Waals surface area (Å²) >= 11 is 5.97. The van der Waals surface area contributed by atoms with Crippen molar-refractivity contribution in [2.75, 3.05) is 11.9 Å². The average Bonchev–Trinajstić information content (AvgIpc) is 2.97. The van der Waals surface area contributed by atoms with Crippen LogP contribution >= 0.6 is 11.6 Å². The van der Waals surface area contributed by atoms with Crippen LogP contribution < -0.4 is 5.32 Å². The van der Waals surface area contributed by atoms with Crippen LogP contribution in [-0.2, 0) is 16.1 Å². The van der Waals surface area contributed by atoms with Crippen molar-refractivity contribution in [3.05, 3.63) is 87.3 Å². The Morgan fingerprint density at radius 1 is 1.16 bits per heavy atom. The summed E-state index contributed by atoms with van der Waals surface area (Å²) in [7, 11) is 0. The number of carbonyl (C=O) groups is 2. The lowest BCUT2D eigenvalue weighted by Gasteiger charge is -2.13. The summed E-state index contributed by atoms with van der Waals surface area (Å²) in [6.07, 6.45) is 0. The number of nitriles is 1. The van der Waals surface area contributed by atoms with Gasteiger partial charge >= 0.3 is 5.97 Å². The van der Waals surface area contributed by atoms with E-state index >= 15 is 0 Å². The van der Waals surface area contributed by atoms with Gasteiger partial charge in [0.1, 0.15) is 17.7 Å². The molecule has 0 aliphatic heterocycles. The molecule has 0 atom stereocenters. The summed E-state index contributed by atoms with van der Waals surface area (Å²) in [5, 5.41) is 12.5. The Kier molecular flexibility index (Phi) is 6.73. The number of rotatable bonds is 6. The van der Waals surface area contributed by atoms with Crippen LogP contribution in [0.5, 0.6) is 0 Å². The fourth-order valence-electron chi connectivity index (χ4n) is 3.10. The van der Waals surface area contributed by atoms with Crippen molar-refractivity contribution in [1.82, 2.24) is 4.57 Å². The van der Waals surface area contributed by atoms with Crippen LogP contribution in [0.1, 0.15) is 32.7 Å². The van der Waals surface area contributed by atoms with Crippen LogP contribution in [-0.4, -0.2) is 23.1 Å². The Hall–Kier alpha value is -3.63. The summed E-state index contributed by atoms with van der Waals surface area (Å²) in [6, 6.07) is 14.4. The Labute approximate surface area is 183 Å². The zero-order valence-corrected chi connectivity index (χ0v) is 17.7. The lowest BCUT2D eigenvalue weighted by molar-refractivity contribution is -0.119. The van der Waals surface area contributed by atoms with E-state index in [9.17, 15) is 19.2 Å². The lowest BCUT2D eigenvalue weighted by atomic mass is 10.2. The van der Waals surface area contributed by atoms with Crippen LogP contribution in [0.2, 0.25) is 5.02 Å². The molecule has 158 valence electrons.